The molecular weight excluding hydrogens is 260 g/mol. The van der Waals surface area contributed by atoms with Gasteiger partial charge in [0.15, 0.2) is 0 Å². The topological polar surface area (TPSA) is 32.3 Å². The van der Waals surface area contributed by atoms with Crippen molar-refractivity contribution in [2.75, 3.05) is 6.54 Å². The van der Waals surface area contributed by atoms with Crippen LogP contribution in [0.25, 0.3) is 0 Å². The summed E-state index contributed by atoms with van der Waals surface area (Å²) < 4.78 is 0. The number of carbonyl (C=O) groups excluding carboxylic acids is 1. The summed E-state index contributed by atoms with van der Waals surface area (Å²) in [6, 6.07) is 9.06. The van der Waals surface area contributed by atoms with Gasteiger partial charge in [-0.15, -0.1) is 0 Å². The van der Waals surface area contributed by atoms with Gasteiger partial charge in [-0.3, -0.25) is 10.1 Å². The third-order valence-electron chi connectivity index (χ3n) is 5.25. The molecule has 2 unspecified atom stereocenters. The Balaban J connectivity index is 1.88. The molecule has 3 rings (SSSR count). The molecule has 1 N–H and O–H groups in total. The molecule has 3 heteroatoms. The lowest BCUT2D eigenvalue weighted by molar-refractivity contribution is -0.132. The fourth-order valence-electron chi connectivity index (χ4n) is 3.91. The number of nitrogens with one attached hydrogen (secondary N) is 1. The Morgan fingerprint density at radius 2 is 2.00 bits per heavy atom. The zero-order chi connectivity index (χ0) is 15.0. The number of rotatable bonds is 3. The number of aryl methyl sites for hydroxylation is 1. The molecule has 1 heterocycles. The molecule has 0 spiro atoms. The lowest BCUT2D eigenvalue weighted by Crippen LogP contribution is -2.45. The van der Waals surface area contributed by atoms with Crippen LogP contribution in [-0.2, 0) is 11.2 Å². The summed E-state index contributed by atoms with van der Waals surface area (Å²) in [7, 11) is 0. The largest absolute Gasteiger partial charge is 0.318 e. The van der Waals surface area contributed by atoms with E-state index in [1.807, 2.05) is 0 Å². The highest BCUT2D eigenvalue weighted by Crippen LogP contribution is 2.43. The molecule has 0 bridgehead atoms. The van der Waals surface area contributed by atoms with Crippen LogP contribution >= 0.6 is 0 Å². The molecule has 1 aliphatic heterocycles. The van der Waals surface area contributed by atoms with E-state index in [2.05, 4.69) is 55.3 Å². The summed E-state index contributed by atoms with van der Waals surface area (Å²) in [5.41, 5.74) is 2.78. The number of nitrogens with zero attached hydrogens (tertiary/aromatic N) is 1. The molecular formula is C18H26N2O. The normalized spacial score (nSPS) is 28.3. The Hall–Kier alpha value is -1.35. The zero-order valence-corrected chi connectivity index (χ0v) is 13.4. The van der Waals surface area contributed by atoms with E-state index in [-0.39, 0.29) is 17.5 Å². The number of carbonyl (C=O) groups is 1. The van der Waals surface area contributed by atoms with Crippen LogP contribution in [0.4, 0.5) is 0 Å². The molecule has 0 aromatic heterocycles. The molecule has 2 fully saturated rings. The lowest BCUT2D eigenvalue weighted by atomic mass is 9.86. The van der Waals surface area contributed by atoms with Crippen molar-refractivity contribution < 1.29 is 4.79 Å². The van der Waals surface area contributed by atoms with Crippen LogP contribution in [-0.4, -0.2) is 23.4 Å². The summed E-state index contributed by atoms with van der Waals surface area (Å²) in [4.78, 5) is 14.5. The maximum Gasteiger partial charge on any atom is 0.238 e. The van der Waals surface area contributed by atoms with E-state index in [1.54, 1.807) is 0 Å². The van der Waals surface area contributed by atoms with E-state index in [9.17, 15) is 4.79 Å². The van der Waals surface area contributed by atoms with Crippen molar-refractivity contribution in [2.45, 2.75) is 58.7 Å². The molecule has 21 heavy (non-hydrogen) atoms. The Kier molecular flexibility index (Phi) is 3.78. The number of amides is 1. The van der Waals surface area contributed by atoms with Gasteiger partial charge < -0.3 is 4.90 Å². The van der Waals surface area contributed by atoms with Crippen LogP contribution in [0, 0.1) is 5.41 Å². The van der Waals surface area contributed by atoms with Gasteiger partial charge in [-0.05, 0) is 35.8 Å². The standard InChI is InChI=1S/C18H26N2O/c1-4-13-7-9-14(10-8-13)17-19-12-16(21)20(17)15-6-5-11-18(15,2)3/h7-10,15,17,19H,4-6,11-12H2,1-3H3. The van der Waals surface area contributed by atoms with Gasteiger partial charge in [0, 0.05) is 6.04 Å². The molecule has 1 amide bonds. The SMILES string of the molecule is CCc1ccc(C2NCC(=O)N2C2CCCC2(C)C)cc1. The summed E-state index contributed by atoms with van der Waals surface area (Å²) in [5.74, 6) is 0.250. The zero-order valence-electron chi connectivity index (χ0n) is 13.4. The second kappa shape index (κ2) is 5.45. The molecule has 1 saturated heterocycles. The predicted octanol–water partition coefficient (Wildman–Crippen LogP) is 3.26. The van der Waals surface area contributed by atoms with E-state index in [0.717, 1.165) is 12.8 Å². The third-order valence-corrected chi connectivity index (χ3v) is 5.25. The summed E-state index contributed by atoms with van der Waals surface area (Å²) in [6.07, 6.45) is 4.66. The van der Waals surface area contributed by atoms with Crippen molar-refractivity contribution in [3.63, 3.8) is 0 Å². The van der Waals surface area contributed by atoms with Crippen molar-refractivity contribution in [1.29, 1.82) is 0 Å². The summed E-state index contributed by atoms with van der Waals surface area (Å²) in [6.45, 7) is 7.23. The van der Waals surface area contributed by atoms with Crippen LogP contribution in [0.1, 0.15) is 57.3 Å². The van der Waals surface area contributed by atoms with Crippen LogP contribution in [0.2, 0.25) is 0 Å². The van der Waals surface area contributed by atoms with Gasteiger partial charge in [-0.25, -0.2) is 0 Å². The van der Waals surface area contributed by atoms with Gasteiger partial charge >= 0.3 is 0 Å². The first-order chi connectivity index (χ1) is 10.0. The molecule has 2 atom stereocenters. The smallest absolute Gasteiger partial charge is 0.238 e. The summed E-state index contributed by atoms with van der Waals surface area (Å²) >= 11 is 0. The van der Waals surface area contributed by atoms with E-state index >= 15 is 0 Å². The molecule has 0 radical (unpaired) electrons. The first-order valence-electron chi connectivity index (χ1n) is 8.16. The fourth-order valence-corrected chi connectivity index (χ4v) is 3.91. The maximum absolute atomic E-state index is 12.4. The van der Waals surface area contributed by atoms with Gasteiger partial charge in [-0.1, -0.05) is 51.5 Å². The van der Waals surface area contributed by atoms with Crippen LogP contribution < -0.4 is 5.32 Å². The Labute approximate surface area is 127 Å². The number of benzene rings is 1. The van der Waals surface area contributed by atoms with E-state index in [1.165, 1.54) is 24.0 Å². The van der Waals surface area contributed by atoms with Gasteiger partial charge in [0.1, 0.15) is 6.17 Å². The molecule has 114 valence electrons. The molecule has 1 aromatic carbocycles. The highest BCUT2D eigenvalue weighted by molar-refractivity contribution is 5.81. The highest BCUT2D eigenvalue weighted by atomic mass is 16.2. The van der Waals surface area contributed by atoms with Crippen molar-refractivity contribution in [2.24, 2.45) is 5.41 Å². The Morgan fingerprint density at radius 3 is 2.57 bits per heavy atom. The monoisotopic (exact) mass is 286 g/mol. The Morgan fingerprint density at radius 1 is 1.29 bits per heavy atom. The highest BCUT2D eigenvalue weighted by Gasteiger charge is 2.45. The van der Waals surface area contributed by atoms with Crippen LogP contribution in [0.3, 0.4) is 0 Å². The molecule has 1 aliphatic carbocycles. The van der Waals surface area contributed by atoms with E-state index in [0.29, 0.717) is 12.6 Å². The lowest BCUT2D eigenvalue weighted by Gasteiger charge is -2.38. The van der Waals surface area contributed by atoms with E-state index < -0.39 is 0 Å². The minimum absolute atomic E-state index is 0.0470. The third kappa shape index (κ3) is 2.59. The van der Waals surface area contributed by atoms with Crippen molar-refractivity contribution >= 4 is 5.91 Å². The summed E-state index contributed by atoms with van der Waals surface area (Å²) in [5, 5.41) is 3.40. The molecule has 3 nitrogen and oxygen atoms in total. The average molecular weight is 286 g/mol. The fraction of sp³-hybridized carbons (Fsp3) is 0.611. The maximum atomic E-state index is 12.4. The average Bonchev–Trinajstić information content (AvgIpc) is 3.01. The second-order valence-corrected chi connectivity index (χ2v) is 7.08. The minimum Gasteiger partial charge on any atom is -0.318 e. The second-order valence-electron chi connectivity index (χ2n) is 7.08. The van der Waals surface area contributed by atoms with Crippen LogP contribution in [0.15, 0.2) is 24.3 Å². The van der Waals surface area contributed by atoms with Crippen molar-refractivity contribution in [3.05, 3.63) is 35.4 Å². The quantitative estimate of drug-likeness (QED) is 0.925. The molecule has 1 saturated carbocycles. The van der Waals surface area contributed by atoms with E-state index in [4.69, 9.17) is 0 Å². The first kappa shape index (κ1) is 14.6. The first-order valence-corrected chi connectivity index (χ1v) is 8.16. The number of hydrogen-bond acceptors (Lipinski definition) is 2. The predicted molar refractivity (Wildman–Crippen MR) is 84.8 cm³/mol. The van der Waals surface area contributed by atoms with Crippen molar-refractivity contribution in [3.8, 4) is 0 Å². The van der Waals surface area contributed by atoms with Gasteiger partial charge in [0.05, 0.1) is 6.54 Å². The van der Waals surface area contributed by atoms with Gasteiger partial charge in [-0.2, -0.15) is 0 Å². The minimum atomic E-state index is 0.0470. The number of hydrogen-bond donors (Lipinski definition) is 1. The molecule has 1 aromatic rings. The van der Waals surface area contributed by atoms with Gasteiger partial charge in [0.2, 0.25) is 5.91 Å². The van der Waals surface area contributed by atoms with Crippen LogP contribution in [0.5, 0.6) is 0 Å². The Bertz CT molecular complexity index is 521. The van der Waals surface area contributed by atoms with Crippen molar-refractivity contribution in [1.82, 2.24) is 10.2 Å². The van der Waals surface area contributed by atoms with Gasteiger partial charge in [0.25, 0.3) is 0 Å². The molecule has 2 aliphatic rings.